The van der Waals surface area contributed by atoms with E-state index in [4.69, 9.17) is 4.74 Å². The molecule has 2 aliphatic heterocycles. The maximum atomic E-state index is 6.51. The van der Waals surface area contributed by atoms with Crippen LogP contribution in [0.25, 0.3) is 0 Å². The molecule has 3 nitrogen and oxygen atoms in total. The van der Waals surface area contributed by atoms with Crippen LogP contribution in [-0.2, 0) is 12.1 Å². The van der Waals surface area contributed by atoms with Gasteiger partial charge in [0.15, 0.2) is 5.60 Å². The highest BCUT2D eigenvalue weighted by atomic mass is 16.5. The van der Waals surface area contributed by atoms with E-state index in [9.17, 15) is 0 Å². The first-order valence-corrected chi connectivity index (χ1v) is 7.01. The van der Waals surface area contributed by atoms with Gasteiger partial charge in [0.05, 0.1) is 12.2 Å². The Morgan fingerprint density at radius 3 is 2.79 bits per heavy atom. The molecule has 1 aromatic heterocycles. The Morgan fingerprint density at radius 1 is 1.05 bits per heavy atom. The Morgan fingerprint density at radius 2 is 1.89 bits per heavy atom. The standard InChI is InChI=1S/C16H18N2O/c1-2-5-14-13(4-1)12-18-11-3-6-15(18)16(19-14)7-9-17-10-8-16/h1-6,11,17H,7-10,12H2. The first-order valence-electron chi connectivity index (χ1n) is 7.01. The van der Waals surface area contributed by atoms with Crippen molar-refractivity contribution in [3.05, 3.63) is 53.9 Å². The van der Waals surface area contributed by atoms with E-state index in [0.717, 1.165) is 38.2 Å². The van der Waals surface area contributed by atoms with Gasteiger partial charge in [0.2, 0.25) is 0 Å². The number of piperidine rings is 1. The molecule has 0 radical (unpaired) electrons. The molecule has 1 aromatic carbocycles. The number of para-hydroxylation sites is 1. The van der Waals surface area contributed by atoms with Crippen LogP contribution in [0.15, 0.2) is 42.6 Å². The van der Waals surface area contributed by atoms with E-state index in [2.05, 4.69) is 52.5 Å². The predicted molar refractivity (Wildman–Crippen MR) is 74.4 cm³/mol. The van der Waals surface area contributed by atoms with Crippen molar-refractivity contribution in [2.45, 2.75) is 25.0 Å². The van der Waals surface area contributed by atoms with Gasteiger partial charge in [0.1, 0.15) is 5.75 Å². The average Bonchev–Trinajstić information content (AvgIpc) is 2.87. The molecule has 0 bridgehead atoms. The van der Waals surface area contributed by atoms with Crippen molar-refractivity contribution >= 4 is 0 Å². The van der Waals surface area contributed by atoms with Gasteiger partial charge >= 0.3 is 0 Å². The summed E-state index contributed by atoms with van der Waals surface area (Å²) in [6.07, 6.45) is 4.24. The quantitative estimate of drug-likeness (QED) is 0.782. The Bertz CT molecular complexity index is 596. The molecule has 1 fully saturated rings. The van der Waals surface area contributed by atoms with Gasteiger partial charge in [-0.3, -0.25) is 0 Å². The smallest absolute Gasteiger partial charge is 0.151 e. The number of nitrogens with zero attached hydrogens (tertiary/aromatic N) is 1. The summed E-state index contributed by atoms with van der Waals surface area (Å²) < 4.78 is 8.85. The molecule has 0 aliphatic carbocycles. The van der Waals surface area contributed by atoms with E-state index < -0.39 is 0 Å². The maximum absolute atomic E-state index is 6.51. The molecule has 0 atom stereocenters. The summed E-state index contributed by atoms with van der Waals surface area (Å²) in [5.74, 6) is 1.05. The lowest BCUT2D eigenvalue weighted by Gasteiger charge is -2.37. The minimum atomic E-state index is -0.151. The molecule has 3 heterocycles. The second-order valence-corrected chi connectivity index (χ2v) is 5.48. The number of nitrogens with one attached hydrogen (secondary N) is 1. The number of hydrogen-bond donors (Lipinski definition) is 1. The Kier molecular flexibility index (Phi) is 2.42. The molecular weight excluding hydrogens is 236 g/mol. The third-order valence-electron chi connectivity index (χ3n) is 4.33. The van der Waals surface area contributed by atoms with E-state index >= 15 is 0 Å². The molecule has 0 unspecified atom stereocenters. The van der Waals surface area contributed by atoms with Gasteiger partial charge in [-0.15, -0.1) is 0 Å². The van der Waals surface area contributed by atoms with E-state index in [1.165, 1.54) is 11.3 Å². The first-order chi connectivity index (χ1) is 9.37. The van der Waals surface area contributed by atoms with Gasteiger partial charge in [-0.1, -0.05) is 18.2 Å². The van der Waals surface area contributed by atoms with Crippen molar-refractivity contribution in [2.24, 2.45) is 0 Å². The number of ether oxygens (including phenoxy) is 1. The van der Waals surface area contributed by atoms with Crippen LogP contribution in [0, 0.1) is 0 Å². The fraction of sp³-hybridized carbons (Fsp3) is 0.375. The molecule has 2 aromatic rings. The molecule has 1 saturated heterocycles. The highest BCUT2D eigenvalue weighted by molar-refractivity contribution is 5.38. The van der Waals surface area contributed by atoms with Crippen molar-refractivity contribution in [2.75, 3.05) is 13.1 Å². The fourth-order valence-corrected chi connectivity index (χ4v) is 3.33. The number of aromatic nitrogens is 1. The largest absolute Gasteiger partial charge is 0.481 e. The molecule has 0 saturated carbocycles. The molecule has 1 N–H and O–H groups in total. The van der Waals surface area contributed by atoms with Gasteiger partial charge in [-0.25, -0.2) is 0 Å². The first kappa shape index (κ1) is 11.1. The van der Waals surface area contributed by atoms with Crippen LogP contribution in [0.5, 0.6) is 5.75 Å². The van der Waals surface area contributed by atoms with Crippen LogP contribution in [0.2, 0.25) is 0 Å². The van der Waals surface area contributed by atoms with Gasteiger partial charge in [-0.05, 0) is 31.3 Å². The molecule has 19 heavy (non-hydrogen) atoms. The fourth-order valence-electron chi connectivity index (χ4n) is 3.33. The second-order valence-electron chi connectivity index (χ2n) is 5.48. The molecule has 0 amide bonds. The SMILES string of the molecule is c1ccc2c(c1)Cn1cccc1C1(CCNCC1)O2. The zero-order chi connectivity index (χ0) is 12.7. The molecule has 4 rings (SSSR count). The van der Waals surface area contributed by atoms with Crippen LogP contribution in [0.3, 0.4) is 0 Å². The van der Waals surface area contributed by atoms with Crippen molar-refractivity contribution < 1.29 is 4.74 Å². The summed E-state index contributed by atoms with van der Waals surface area (Å²) in [6.45, 7) is 2.95. The summed E-state index contributed by atoms with van der Waals surface area (Å²) in [4.78, 5) is 0. The van der Waals surface area contributed by atoms with Gasteiger partial charge in [0.25, 0.3) is 0 Å². The zero-order valence-corrected chi connectivity index (χ0v) is 10.9. The molecule has 1 spiro atoms. The van der Waals surface area contributed by atoms with Crippen molar-refractivity contribution in [3.63, 3.8) is 0 Å². The average molecular weight is 254 g/mol. The summed E-state index contributed by atoms with van der Waals surface area (Å²) in [5, 5.41) is 3.43. The Labute approximate surface area is 113 Å². The summed E-state index contributed by atoms with van der Waals surface area (Å²) in [5.41, 5.74) is 2.45. The molecule has 2 aliphatic rings. The van der Waals surface area contributed by atoms with E-state index in [-0.39, 0.29) is 5.60 Å². The number of fused-ring (bicyclic) bond motifs is 3. The summed E-state index contributed by atoms with van der Waals surface area (Å²) in [6, 6.07) is 12.8. The normalized spacial score (nSPS) is 20.2. The van der Waals surface area contributed by atoms with Crippen molar-refractivity contribution in [1.82, 2.24) is 9.88 Å². The van der Waals surface area contributed by atoms with Crippen molar-refractivity contribution in [1.29, 1.82) is 0 Å². The van der Waals surface area contributed by atoms with Crippen LogP contribution in [0.1, 0.15) is 24.1 Å². The van der Waals surface area contributed by atoms with Gasteiger partial charge in [0, 0.05) is 24.6 Å². The minimum Gasteiger partial charge on any atom is -0.481 e. The predicted octanol–water partition coefficient (Wildman–Crippen LogP) is 2.51. The third kappa shape index (κ3) is 1.69. The van der Waals surface area contributed by atoms with Crippen LogP contribution in [-0.4, -0.2) is 17.7 Å². The van der Waals surface area contributed by atoms with E-state index in [0.29, 0.717) is 0 Å². The van der Waals surface area contributed by atoms with Crippen molar-refractivity contribution in [3.8, 4) is 5.75 Å². The lowest BCUT2D eigenvalue weighted by Crippen LogP contribution is -2.44. The number of hydrogen-bond acceptors (Lipinski definition) is 2. The van der Waals surface area contributed by atoms with E-state index in [1.807, 2.05) is 0 Å². The Hall–Kier alpha value is -1.74. The molecule has 98 valence electrons. The third-order valence-corrected chi connectivity index (χ3v) is 4.33. The summed E-state index contributed by atoms with van der Waals surface area (Å²) >= 11 is 0. The van der Waals surface area contributed by atoms with E-state index in [1.54, 1.807) is 0 Å². The number of benzene rings is 1. The number of rotatable bonds is 0. The van der Waals surface area contributed by atoms with Crippen LogP contribution in [0.4, 0.5) is 0 Å². The van der Waals surface area contributed by atoms with Crippen LogP contribution >= 0.6 is 0 Å². The highest BCUT2D eigenvalue weighted by Crippen LogP contribution is 2.40. The van der Waals surface area contributed by atoms with Crippen LogP contribution < -0.4 is 10.1 Å². The molecular formula is C16H18N2O. The van der Waals surface area contributed by atoms with Gasteiger partial charge < -0.3 is 14.6 Å². The topological polar surface area (TPSA) is 26.2 Å². The second kappa shape index (κ2) is 4.14. The highest BCUT2D eigenvalue weighted by Gasteiger charge is 2.40. The lowest BCUT2D eigenvalue weighted by molar-refractivity contribution is 0.0293. The molecule has 3 heteroatoms. The van der Waals surface area contributed by atoms with Gasteiger partial charge in [-0.2, -0.15) is 0 Å². The lowest BCUT2D eigenvalue weighted by atomic mass is 9.88. The zero-order valence-electron chi connectivity index (χ0n) is 10.9. The minimum absolute atomic E-state index is 0.151. The monoisotopic (exact) mass is 254 g/mol. The summed E-state index contributed by atoms with van der Waals surface area (Å²) in [7, 11) is 0. The maximum Gasteiger partial charge on any atom is 0.151 e. The Balaban J connectivity index is 1.88.